The summed E-state index contributed by atoms with van der Waals surface area (Å²) in [6, 6.07) is 5.40. The zero-order valence-corrected chi connectivity index (χ0v) is 10.4. The third kappa shape index (κ3) is 2.23. The molecule has 92 valence electrons. The summed E-state index contributed by atoms with van der Waals surface area (Å²) in [5, 5.41) is 10.5. The first-order chi connectivity index (χ1) is 8.49. The van der Waals surface area contributed by atoms with Crippen LogP contribution in [0.5, 0.6) is 0 Å². The summed E-state index contributed by atoms with van der Waals surface area (Å²) >= 11 is 3.00. The number of hydrogen-bond acceptors (Lipinski definition) is 4. The number of aromatic nitrogens is 2. The lowest BCUT2D eigenvalue weighted by molar-refractivity contribution is -0.384. The lowest BCUT2D eigenvalue weighted by Gasteiger charge is -2.04. The van der Waals surface area contributed by atoms with Crippen LogP contribution in [0.4, 0.5) is 5.69 Å². The van der Waals surface area contributed by atoms with E-state index in [0.717, 1.165) is 0 Å². The van der Waals surface area contributed by atoms with Crippen LogP contribution >= 0.6 is 15.9 Å². The number of nitrogens with zero attached hydrogens (tertiary/aromatic N) is 2. The maximum Gasteiger partial charge on any atom is 0.332 e. The minimum absolute atomic E-state index is 0.0738. The number of benzene rings is 1. The summed E-state index contributed by atoms with van der Waals surface area (Å²) in [5.41, 5.74) is -0.798. The van der Waals surface area contributed by atoms with Crippen LogP contribution in [0.25, 0.3) is 5.69 Å². The Kier molecular flexibility index (Phi) is 3.11. The number of halogens is 1. The first kappa shape index (κ1) is 12.2. The van der Waals surface area contributed by atoms with E-state index in [1.165, 1.54) is 35.0 Å². The standard InChI is InChI=1S/C10H6BrN3O4/c11-8-5-13(10(16)12-9(8)15)6-1-3-7(4-2-6)14(17)18/h1-5H,(H,12,15,16). The number of nitro benzene ring substituents is 1. The molecule has 0 bridgehead atoms. The Morgan fingerprint density at radius 1 is 1.22 bits per heavy atom. The topological polar surface area (TPSA) is 98.0 Å². The summed E-state index contributed by atoms with van der Waals surface area (Å²) in [5.74, 6) is 0. The largest absolute Gasteiger partial charge is 0.332 e. The molecule has 1 heterocycles. The molecule has 18 heavy (non-hydrogen) atoms. The van der Waals surface area contributed by atoms with Crippen molar-refractivity contribution in [2.75, 3.05) is 0 Å². The van der Waals surface area contributed by atoms with Crippen molar-refractivity contribution < 1.29 is 4.92 Å². The lowest BCUT2D eigenvalue weighted by atomic mass is 10.3. The Morgan fingerprint density at radius 2 is 1.83 bits per heavy atom. The van der Waals surface area contributed by atoms with Crippen LogP contribution in [0.2, 0.25) is 0 Å². The van der Waals surface area contributed by atoms with Gasteiger partial charge in [-0.1, -0.05) is 0 Å². The van der Waals surface area contributed by atoms with Crippen molar-refractivity contribution in [2.24, 2.45) is 0 Å². The van der Waals surface area contributed by atoms with Gasteiger partial charge in [-0.2, -0.15) is 0 Å². The molecule has 0 aliphatic rings. The van der Waals surface area contributed by atoms with Crippen LogP contribution in [0.15, 0.2) is 44.5 Å². The van der Waals surface area contributed by atoms with E-state index in [-0.39, 0.29) is 10.2 Å². The molecule has 0 fully saturated rings. The zero-order valence-electron chi connectivity index (χ0n) is 8.79. The maximum absolute atomic E-state index is 11.6. The van der Waals surface area contributed by atoms with Crippen molar-refractivity contribution in [3.8, 4) is 5.69 Å². The summed E-state index contributed by atoms with van der Waals surface area (Å²) in [7, 11) is 0. The Labute approximate surface area is 108 Å². The molecule has 0 unspecified atom stereocenters. The molecule has 8 heteroatoms. The van der Waals surface area contributed by atoms with E-state index in [0.29, 0.717) is 5.69 Å². The molecule has 1 aromatic carbocycles. The van der Waals surface area contributed by atoms with E-state index in [2.05, 4.69) is 20.9 Å². The van der Waals surface area contributed by atoms with Crippen molar-refractivity contribution in [2.45, 2.75) is 0 Å². The number of H-pyrrole nitrogens is 1. The van der Waals surface area contributed by atoms with Gasteiger partial charge < -0.3 is 0 Å². The summed E-state index contributed by atoms with van der Waals surface area (Å²) in [6.45, 7) is 0. The molecular weight excluding hydrogens is 306 g/mol. The van der Waals surface area contributed by atoms with Gasteiger partial charge in [0.25, 0.3) is 11.2 Å². The Bertz CT molecular complexity index is 717. The number of rotatable bonds is 2. The summed E-state index contributed by atoms with van der Waals surface area (Å²) < 4.78 is 1.37. The molecule has 0 spiro atoms. The molecule has 2 rings (SSSR count). The quantitative estimate of drug-likeness (QED) is 0.665. The summed E-state index contributed by atoms with van der Waals surface area (Å²) in [6.07, 6.45) is 1.31. The Morgan fingerprint density at radius 3 is 2.39 bits per heavy atom. The van der Waals surface area contributed by atoms with E-state index in [4.69, 9.17) is 0 Å². The van der Waals surface area contributed by atoms with Gasteiger partial charge in [-0.15, -0.1) is 0 Å². The molecule has 1 N–H and O–H groups in total. The average Bonchev–Trinajstić information content (AvgIpc) is 2.34. The van der Waals surface area contributed by atoms with Gasteiger partial charge in [-0.05, 0) is 28.1 Å². The van der Waals surface area contributed by atoms with Gasteiger partial charge in [-0.3, -0.25) is 24.5 Å². The molecule has 0 saturated heterocycles. The van der Waals surface area contributed by atoms with Crippen molar-refractivity contribution in [1.29, 1.82) is 0 Å². The fourth-order valence-electron chi connectivity index (χ4n) is 1.37. The van der Waals surface area contributed by atoms with Crippen LogP contribution < -0.4 is 11.2 Å². The second kappa shape index (κ2) is 4.57. The van der Waals surface area contributed by atoms with Gasteiger partial charge in [0.05, 0.1) is 15.1 Å². The fraction of sp³-hybridized carbons (Fsp3) is 0. The average molecular weight is 312 g/mol. The van der Waals surface area contributed by atoms with E-state index in [9.17, 15) is 19.7 Å². The van der Waals surface area contributed by atoms with Crippen LogP contribution in [-0.2, 0) is 0 Å². The van der Waals surface area contributed by atoms with Crippen LogP contribution in [0.3, 0.4) is 0 Å². The monoisotopic (exact) mass is 311 g/mol. The number of nitrogens with one attached hydrogen (secondary N) is 1. The molecule has 7 nitrogen and oxygen atoms in total. The van der Waals surface area contributed by atoms with Gasteiger partial charge in [0.15, 0.2) is 0 Å². The highest BCUT2D eigenvalue weighted by molar-refractivity contribution is 9.10. The van der Waals surface area contributed by atoms with Crippen molar-refractivity contribution in [3.05, 3.63) is 65.9 Å². The van der Waals surface area contributed by atoms with Crippen molar-refractivity contribution >= 4 is 21.6 Å². The van der Waals surface area contributed by atoms with E-state index in [1.807, 2.05) is 0 Å². The molecule has 0 aliphatic carbocycles. The van der Waals surface area contributed by atoms with Crippen molar-refractivity contribution in [1.82, 2.24) is 9.55 Å². The van der Waals surface area contributed by atoms with E-state index >= 15 is 0 Å². The van der Waals surface area contributed by atoms with Gasteiger partial charge in [-0.25, -0.2) is 4.79 Å². The molecule has 2 aromatic rings. The molecule has 0 amide bonds. The lowest BCUT2D eigenvalue weighted by Crippen LogP contribution is -2.28. The zero-order chi connectivity index (χ0) is 13.3. The predicted octanol–water partition coefficient (Wildman–Crippen LogP) is 1.20. The number of aromatic amines is 1. The maximum atomic E-state index is 11.6. The number of hydrogen-bond donors (Lipinski definition) is 1. The van der Waals surface area contributed by atoms with E-state index < -0.39 is 16.2 Å². The first-order valence-electron chi connectivity index (χ1n) is 4.75. The normalized spacial score (nSPS) is 10.3. The molecule has 0 saturated carbocycles. The minimum atomic E-state index is -0.614. The predicted molar refractivity (Wildman–Crippen MR) is 67.0 cm³/mol. The first-order valence-corrected chi connectivity index (χ1v) is 5.54. The molecule has 0 atom stereocenters. The molecule has 0 aliphatic heterocycles. The SMILES string of the molecule is O=c1[nH]c(=O)n(-c2ccc([N+](=O)[O-])cc2)cc1Br. The fourth-order valence-corrected chi connectivity index (χ4v) is 1.68. The smallest absolute Gasteiger partial charge is 0.273 e. The second-order valence-corrected chi connectivity index (χ2v) is 4.23. The summed E-state index contributed by atoms with van der Waals surface area (Å²) in [4.78, 5) is 34.8. The van der Waals surface area contributed by atoms with Crippen LogP contribution in [0.1, 0.15) is 0 Å². The minimum Gasteiger partial charge on any atom is -0.273 e. The number of non-ortho nitro benzene ring substituents is 1. The third-order valence-corrected chi connectivity index (χ3v) is 2.80. The van der Waals surface area contributed by atoms with E-state index in [1.54, 1.807) is 0 Å². The molecule has 0 radical (unpaired) electrons. The van der Waals surface area contributed by atoms with Gasteiger partial charge >= 0.3 is 5.69 Å². The van der Waals surface area contributed by atoms with Crippen LogP contribution in [-0.4, -0.2) is 14.5 Å². The van der Waals surface area contributed by atoms with Crippen molar-refractivity contribution in [3.63, 3.8) is 0 Å². The van der Waals surface area contributed by atoms with Crippen LogP contribution in [0, 0.1) is 10.1 Å². The third-order valence-electron chi connectivity index (χ3n) is 2.24. The molecule has 1 aromatic heterocycles. The Hall–Kier alpha value is -2.22. The van der Waals surface area contributed by atoms with Gasteiger partial charge in [0.1, 0.15) is 0 Å². The molecular formula is C10H6BrN3O4. The van der Waals surface area contributed by atoms with Gasteiger partial charge in [0, 0.05) is 18.3 Å². The highest BCUT2D eigenvalue weighted by atomic mass is 79.9. The highest BCUT2D eigenvalue weighted by Crippen LogP contribution is 2.14. The Balaban J connectivity index is 2.56. The number of nitro groups is 1. The second-order valence-electron chi connectivity index (χ2n) is 3.38. The van der Waals surface area contributed by atoms with Gasteiger partial charge in [0.2, 0.25) is 0 Å². The highest BCUT2D eigenvalue weighted by Gasteiger charge is 2.07.